The Morgan fingerprint density at radius 2 is 1.61 bits per heavy atom. The summed E-state index contributed by atoms with van der Waals surface area (Å²) in [7, 11) is -0.850. The zero-order valence-electron chi connectivity index (χ0n) is 18.2. The van der Waals surface area contributed by atoms with E-state index in [0.717, 1.165) is 5.56 Å². The average molecular weight is 491 g/mol. The molecule has 0 spiro atoms. The molecule has 3 rings (SSSR count). The molecule has 1 amide bonds. The summed E-state index contributed by atoms with van der Waals surface area (Å²) >= 11 is 6.07. The second kappa shape index (κ2) is 10.5. The van der Waals surface area contributed by atoms with Gasteiger partial charge in [-0.15, -0.1) is 0 Å². The predicted molar refractivity (Wildman–Crippen MR) is 127 cm³/mol. The van der Waals surface area contributed by atoms with E-state index in [0.29, 0.717) is 33.6 Å². The molecule has 0 fully saturated rings. The Morgan fingerprint density at radius 1 is 0.939 bits per heavy atom. The first-order valence-corrected chi connectivity index (χ1v) is 11.6. The fourth-order valence-electron chi connectivity index (χ4n) is 2.90. The van der Waals surface area contributed by atoms with Crippen LogP contribution in [0.1, 0.15) is 5.56 Å². The molecule has 0 saturated carbocycles. The van der Waals surface area contributed by atoms with Gasteiger partial charge in [-0.2, -0.15) is 0 Å². The fourth-order valence-corrected chi connectivity index (χ4v) is 4.26. The van der Waals surface area contributed by atoms with Crippen LogP contribution in [-0.2, 0) is 14.8 Å². The van der Waals surface area contributed by atoms with Gasteiger partial charge in [-0.05, 0) is 42.8 Å². The largest absolute Gasteiger partial charge is 0.495 e. The third kappa shape index (κ3) is 6.09. The van der Waals surface area contributed by atoms with Crippen LogP contribution >= 0.6 is 11.6 Å². The molecular weight excluding hydrogens is 468 g/mol. The molecule has 3 aromatic carbocycles. The Labute approximate surface area is 197 Å². The molecule has 0 aliphatic carbocycles. The van der Waals surface area contributed by atoms with E-state index in [2.05, 4.69) is 10.0 Å². The van der Waals surface area contributed by atoms with Gasteiger partial charge in [0.05, 0.1) is 35.5 Å². The molecule has 0 saturated heterocycles. The molecule has 174 valence electrons. The topological polar surface area (TPSA) is 103 Å². The molecule has 8 nitrogen and oxygen atoms in total. The Kier molecular flexibility index (Phi) is 7.67. The van der Waals surface area contributed by atoms with Gasteiger partial charge in [0.15, 0.2) is 6.61 Å². The van der Waals surface area contributed by atoms with Crippen molar-refractivity contribution < 1.29 is 27.4 Å². The number of carbonyl (C=O) groups is 1. The summed E-state index contributed by atoms with van der Waals surface area (Å²) in [6, 6.07) is 15.9. The maximum absolute atomic E-state index is 12.6. The molecule has 33 heavy (non-hydrogen) atoms. The van der Waals surface area contributed by atoms with Crippen molar-refractivity contribution in [3.8, 4) is 17.2 Å². The van der Waals surface area contributed by atoms with Gasteiger partial charge in [0, 0.05) is 12.1 Å². The molecule has 0 radical (unpaired) electrons. The number of hydrogen-bond donors (Lipinski definition) is 2. The van der Waals surface area contributed by atoms with E-state index < -0.39 is 15.9 Å². The summed E-state index contributed by atoms with van der Waals surface area (Å²) < 4.78 is 43.7. The third-order valence-electron chi connectivity index (χ3n) is 4.64. The lowest BCUT2D eigenvalue weighted by atomic mass is 10.2. The minimum Gasteiger partial charge on any atom is -0.495 e. The van der Waals surface area contributed by atoms with Crippen molar-refractivity contribution in [3.63, 3.8) is 0 Å². The molecule has 0 bridgehead atoms. The van der Waals surface area contributed by atoms with E-state index in [-0.39, 0.29) is 11.5 Å². The number of benzene rings is 3. The van der Waals surface area contributed by atoms with Crippen LogP contribution in [0, 0.1) is 6.92 Å². The normalized spacial score (nSPS) is 10.9. The molecule has 0 unspecified atom stereocenters. The van der Waals surface area contributed by atoms with E-state index in [1.165, 1.54) is 44.6 Å². The first-order chi connectivity index (χ1) is 15.7. The molecule has 3 aromatic rings. The smallest absolute Gasteiger partial charge is 0.262 e. The average Bonchev–Trinajstić information content (AvgIpc) is 2.80. The number of nitrogens with one attached hydrogen (secondary N) is 2. The van der Waals surface area contributed by atoms with Gasteiger partial charge in [0.1, 0.15) is 17.2 Å². The lowest BCUT2D eigenvalue weighted by molar-refractivity contribution is -0.118. The molecule has 0 aliphatic rings. The third-order valence-corrected chi connectivity index (χ3v) is 6.32. The summed E-state index contributed by atoms with van der Waals surface area (Å²) in [5, 5.41) is 3.01. The molecular formula is C23H23ClN2O6S. The highest BCUT2D eigenvalue weighted by Gasteiger charge is 2.16. The summed E-state index contributed by atoms with van der Waals surface area (Å²) in [4.78, 5) is 12.4. The monoisotopic (exact) mass is 490 g/mol. The summed E-state index contributed by atoms with van der Waals surface area (Å²) in [5.41, 5.74) is 1.68. The van der Waals surface area contributed by atoms with Crippen LogP contribution in [0.25, 0.3) is 0 Å². The molecule has 0 aliphatic heterocycles. The first-order valence-electron chi connectivity index (χ1n) is 9.76. The molecule has 0 heterocycles. The highest BCUT2D eigenvalue weighted by molar-refractivity contribution is 7.92. The molecule has 10 heteroatoms. The zero-order chi connectivity index (χ0) is 24.0. The van der Waals surface area contributed by atoms with E-state index in [4.69, 9.17) is 25.8 Å². The number of carbonyl (C=O) groups excluding carboxylic acids is 1. The maximum Gasteiger partial charge on any atom is 0.262 e. The van der Waals surface area contributed by atoms with Crippen LogP contribution in [0.3, 0.4) is 0 Å². The molecule has 2 N–H and O–H groups in total. The second-order valence-corrected chi connectivity index (χ2v) is 9.01. The highest BCUT2D eigenvalue weighted by atomic mass is 35.5. The number of hydrogen-bond acceptors (Lipinski definition) is 6. The standard InChI is InChI=1S/C23H23ClN2O6S/c1-15-6-4-5-7-19(15)26-33(28,29)17-10-8-16(9-11-17)32-14-23(27)25-20-13-21(30-2)18(24)12-22(20)31-3/h4-13,26H,14H2,1-3H3,(H,25,27). The number of amides is 1. The summed E-state index contributed by atoms with van der Waals surface area (Å²) in [5.74, 6) is 0.630. The SMILES string of the molecule is COc1cc(NC(=O)COc2ccc(S(=O)(=O)Nc3ccccc3C)cc2)c(OC)cc1Cl. The van der Waals surface area contributed by atoms with Crippen LogP contribution in [0.15, 0.2) is 65.6 Å². The van der Waals surface area contributed by atoms with Crippen LogP contribution in [0.4, 0.5) is 11.4 Å². The van der Waals surface area contributed by atoms with E-state index in [1.54, 1.807) is 18.2 Å². The van der Waals surface area contributed by atoms with Crippen molar-refractivity contribution in [2.75, 3.05) is 30.9 Å². The van der Waals surface area contributed by atoms with Crippen LogP contribution in [0.2, 0.25) is 5.02 Å². The van der Waals surface area contributed by atoms with E-state index in [9.17, 15) is 13.2 Å². The zero-order valence-corrected chi connectivity index (χ0v) is 19.8. The highest BCUT2D eigenvalue weighted by Crippen LogP contribution is 2.35. The maximum atomic E-state index is 12.6. The van der Waals surface area contributed by atoms with Crippen molar-refractivity contribution >= 4 is 38.9 Å². The van der Waals surface area contributed by atoms with Gasteiger partial charge in [-0.1, -0.05) is 29.8 Å². The Bertz CT molecular complexity index is 1250. The van der Waals surface area contributed by atoms with Crippen LogP contribution in [-0.4, -0.2) is 35.2 Å². The minimum absolute atomic E-state index is 0.0700. The van der Waals surface area contributed by atoms with Gasteiger partial charge >= 0.3 is 0 Å². The number of sulfonamides is 1. The predicted octanol–water partition coefficient (Wildman–Crippen LogP) is 4.48. The first kappa shape index (κ1) is 24.2. The van der Waals surface area contributed by atoms with Crippen molar-refractivity contribution in [2.45, 2.75) is 11.8 Å². The number of para-hydroxylation sites is 1. The molecule has 0 aromatic heterocycles. The van der Waals surface area contributed by atoms with Crippen LogP contribution in [0.5, 0.6) is 17.2 Å². The number of aryl methyl sites for hydroxylation is 1. The van der Waals surface area contributed by atoms with Gasteiger partial charge < -0.3 is 19.5 Å². The number of ether oxygens (including phenoxy) is 3. The Hall–Kier alpha value is -3.43. The van der Waals surface area contributed by atoms with Crippen molar-refractivity contribution in [3.05, 3.63) is 71.2 Å². The number of rotatable bonds is 9. The van der Waals surface area contributed by atoms with Gasteiger partial charge in [0.2, 0.25) is 0 Å². The van der Waals surface area contributed by atoms with Crippen molar-refractivity contribution in [1.29, 1.82) is 0 Å². The van der Waals surface area contributed by atoms with Crippen molar-refractivity contribution in [1.82, 2.24) is 0 Å². The molecule has 0 atom stereocenters. The van der Waals surface area contributed by atoms with E-state index >= 15 is 0 Å². The minimum atomic E-state index is -3.76. The van der Waals surface area contributed by atoms with Crippen molar-refractivity contribution in [2.24, 2.45) is 0 Å². The summed E-state index contributed by atoms with van der Waals surface area (Å²) in [6.45, 7) is 1.51. The Balaban J connectivity index is 1.63. The Morgan fingerprint density at radius 3 is 2.24 bits per heavy atom. The lowest BCUT2D eigenvalue weighted by Crippen LogP contribution is -2.20. The number of methoxy groups -OCH3 is 2. The van der Waals surface area contributed by atoms with Crippen LogP contribution < -0.4 is 24.2 Å². The number of halogens is 1. The van der Waals surface area contributed by atoms with Gasteiger partial charge in [-0.25, -0.2) is 8.42 Å². The fraction of sp³-hybridized carbons (Fsp3) is 0.174. The van der Waals surface area contributed by atoms with Gasteiger partial charge in [0.25, 0.3) is 15.9 Å². The summed E-state index contributed by atoms with van der Waals surface area (Å²) in [6.07, 6.45) is 0. The quantitative estimate of drug-likeness (QED) is 0.458. The van der Waals surface area contributed by atoms with E-state index in [1.807, 2.05) is 19.1 Å². The second-order valence-electron chi connectivity index (χ2n) is 6.92. The van der Waals surface area contributed by atoms with Gasteiger partial charge in [-0.3, -0.25) is 9.52 Å². The number of anilines is 2. The lowest BCUT2D eigenvalue weighted by Gasteiger charge is -2.14.